The summed E-state index contributed by atoms with van der Waals surface area (Å²) in [4.78, 5) is 4.55. The van der Waals surface area contributed by atoms with Gasteiger partial charge in [-0.05, 0) is 35.4 Å². The number of aliphatic imine (C=N–C) groups is 1. The van der Waals surface area contributed by atoms with E-state index in [0.717, 1.165) is 16.9 Å². The van der Waals surface area contributed by atoms with E-state index in [1.807, 2.05) is 54.6 Å². The molecule has 0 saturated carbocycles. The maximum absolute atomic E-state index is 14.4. The van der Waals surface area contributed by atoms with Crippen LogP contribution in [-0.2, 0) is 4.74 Å². The van der Waals surface area contributed by atoms with Crippen LogP contribution in [0.5, 0.6) is 5.75 Å². The van der Waals surface area contributed by atoms with E-state index in [0.29, 0.717) is 6.42 Å². The predicted molar refractivity (Wildman–Crippen MR) is 104 cm³/mol. The van der Waals surface area contributed by atoms with Gasteiger partial charge in [-0.15, -0.1) is 0 Å². The van der Waals surface area contributed by atoms with Gasteiger partial charge in [-0.2, -0.15) is 0 Å². The van der Waals surface area contributed by atoms with Crippen molar-refractivity contribution >= 4 is 5.90 Å². The van der Waals surface area contributed by atoms with E-state index in [2.05, 4.69) is 4.99 Å². The van der Waals surface area contributed by atoms with Crippen LogP contribution >= 0.6 is 0 Å². The van der Waals surface area contributed by atoms with E-state index >= 15 is 0 Å². The molecule has 0 fully saturated rings. The van der Waals surface area contributed by atoms with E-state index in [1.54, 1.807) is 7.11 Å². The lowest BCUT2D eigenvalue weighted by molar-refractivity contribution is 0.151. The Balaban J connectivity index is 1.77. The number of nitrogens with zero attached hydrogens (tertiary/aromatic N) is 1. The molecule has 1 heterocycles. The van der Waals surface area contributed by atoms with Crippen LogP contribution in [0.4, 0.5) is 8.78 Å². The smallest absolute Gasteiger partial charge is 0.223 e. The summed E-state index contributed by atoms with van der Waals surface area (Å²) in [6, 6.07) is 20.6. The molecule has 2 unspecified atom stereocenters. The molecule has 0 spiro atoms. The van der Waals surface area contributed by atoms with Gasteiger partial charge in [0.25, 0.3) is 0 Å². The molecule has 0 amide bonds. The van der Waals surface area contributed by atoms with Gasteiger partial charge in [0, 0.05) is 6.42 Å². The van der Waals surface area contributed by atoms with E-state index < -0.39 is 11.6 Å². The highest BCUT2D eigenvalue weighted by Crippen LogP contribution is 2.38. The first kappa shape index (κ1) is 18.2. The van der Waals surface area contributed by atoms with E-state index in [9.17, 15) is 8.78 Å². The Bertz CT molecular complexity index is 967. The first-order valence-electron chi connectivity index (χ1n) is 9.03. The molecule has 0 radical (unpaired) electrons. The maximum Gasteiger partial charge on any atom is 0.223 e. The molecule has 1 aliphatic rings. The molecule has 2 atom stereocenters. The lowest BCUT2D eigenvalue weighted by atomic mass is 9.95. The second-order valence-electron chi connectivity index (χ2n) is 6.57. The first-order chi connectivity index (χ1) is 13.7. The van der Waals surface area contributed by atoms with E-state index in [1.165, 1.54) is 18.2 Å². The minimum Gasteiger partial charge on any atom is -0.497 e. The van der Waals surface area contributed by atoms with Crippen LogP contribution in [0.25, 0.3) is 0 Å². The molecule has 142 valence electrons. The van der Waals surface area contributed by atoms with E-state index in [4.69, 9.17) is 9.47 Å². The topological polar surface area (TPSA) is 30.8 Å². The summed E-state index contributed by atoms with van der Waals surface area (Å²) in [6.45, 7) is 0. The molecular formula is C23H19F2NO2. The highest BCUT2D eigenvalue weighted by Gasteiger charge is 2.30. The number of benzene rings is 3. The molecule has 0 aromatic heterocycles. The molecule has 4 rings (SSSR count). The third kappa shape index (κ3) is 3.60. The third-order valence-corrected chi connectivity index (χ3v) is 4.81. The fourth-order valence-electron chi connectivity index (χ4n) is 3.34. The predicted octanol–water partition coefficient (Wildman–Crippen LogP) is 5.62. The highest BCUT2D eigenvalue weighted by molar-refractivity contribution is 5.95. The quantitative estimate of drug-likeness (QED) is 0.589. The van der Waals surface area contributed by atoms with Gasteiger partial charge < -0.3 is 9.47 Å². The van der Waals surface area contributed by atoms with Crippen molar-refractivity contribution in [2.75, 3.05) is 7.11 Å². The van der Waals surface area contributed by atoms with Crippen molar-refractivity contribution in [1.29, 1.82) is 0 Å². The van der Waals surface area contributed by atoms with Gasteiger partial charge in [-0.25, -0.2) is 13.8 Å². The molecule has 5 heteroatoms. The molecule has 3 aromatic carbocycles. The Morgan fingerprint density at radius 3 is 2.18 bits per heavy atom. The summed E-state index contributed by atoms with van der Waals surface area (Å²) in [7, 11) is 1.60. The zero-order valence-corrected chi connectivity index (χ0v) is 15.3. The van der Waals surface area contributed by atoms with Crippen LogP contribution in [0.2, 0.25) is 0 Å². The maximum atomic E-state index is 14.4. The van der Waals surface area contributed by atoms with Crippen LogP contribution in [0.3, 0.4) is 0 Å². The Morgan fingerprint density at radius 2 is 1.54 bits per heavy atom. The van der Waals surface area contributed by atoms with Crippen molar-refractivity contribution in [3.8, 4) is 5.75 Å². The summed E-state index contributed by atoms with van der Waals surface area (Å²) in [5.41, 5.74) is 1.63. The van der Waals surface area contributed by atoms with Crippen molar-refractivity contribution in [1.82, 2.24) is 0 Å². The zero-order chi connectivity index (χ0) is 19.5. The molecule has 28 heavy (non-hydrogen) atoms. The Labute approximate surface area is 162 Å². The molecule has 3 nitrogen and oxygen atoms in total. The first-order valence-corrected chi connectivity index (χ1v) is 9.03. The van der Waals surface area contributed by atoms with Gasteiger partial charge in [0.05, 0.1) is 13.2 Å². The molecule has 1 aliphatic heterocycles. The summed E-state index contributed by atoms with van der Waals surface area (Å²) in [6.07, 6.45) is 0.204. The minimum absolute atomic E-state index is 0.0171. The Kier molecular flexibility index (Phi) is 5.06. The largest absolute Gasteiger partial charge is 0.497 e. The molecule has 0 aliphatic carbocycles. The van der Waals surface area contributed by atoms with Gasteiger partial charge >= 0.3 is 0 Å². The highest BCUT2D eigenvalue weighted by atomic mass is 19.1. The van der Waals surface area contributed by atoms with E-state index in [-0.39, 0.29) is 23.6 Å². The summed E-state index contributed by atoms with van der Waals surface area (Å²) < 4.78 is 39.9. The minimum atomic E-state index is -0.694. The van der Waals surface area contributed by atoms with Crippen molar-refractivity contribution < 1.29 is 18.3 Å². The van der Waals surface area contributed by atoms with Crippen molar-refractivity contribution in [3.63, 3.8) is 0 Å². The Hall–Kier alpha value is -3.21. The standard InChI is InChI=1S/C23H19F2NO2/c1-27-17-12-10-15(11-13-17)20-14-21(16-6-3-2-4-7-16)28-23(26-20)22-18(24)8-5-9-19(22)25/h2-13,20-21H,14H2,1H3. The zero-order valence-electron chi connectivity index (χ0n) is 15.3. The monoisotopic (exact) mass is 379 g/mol. The Morgan fingerprint density at radius 1 is 0.857 bits per heavy atom. The fraction of sp³-hybridized carbons (Fsp3) is 0.174. The van der Waals surface area contributed by atoms with Crippen LogP contribution < -0.4 is 4.74 Å². The molecular weight excluding hydrogens is 360 g/mol. The average Bonchev–Trinajstić information content (AvgIpc) is 2.74. The van der Waals surface area contributed by atoms with Crippen LogP contribution in [0.15, 0.2) is 77.8 Å². The van der Waals surface area contributed by atoms with Crippen LogP contribution in [0.1, 0.15) is 35.3 Å². The lowest BCUT2D eigenvalue weighted by Gasteiger charge is -2.29. The number of methoxy groups -OCH3 is 1. The number of rotatable bonds is 4. The average molecular weight is 379 g/mol. The normalized spacial score (nSPS) is 18.9. The molecule has 0 bridgehead atoms. The SMILES string of the molecule is COc1ccc(C2CC(c3ccccc3)OC(c3c(F)cccc3F)=N2)cc1. The van der Waals surface area contributed by atoms with Gasteiger partial charge in [0.15, 0.2) is 0 Å². The van der Waals surface area contributed by atoms with Crippen molar-refractivity contribution in [2.24, 2.45) is 4.99 Å². The number of halogens is 2. The van der Waals surface area contributed by atoms with Gasteiger partial charge in [-0.1, -0.05) is 48.5 Å². The summed E-state index contributed by atoms with van der Waals surface area (Å²) in [5, 5.41) is 0. The number of hydrogen-bond donors (Lipinski definition) is 0. The third-order valence-electron chi connectivity index (χ3n) is 4.81. The lowest BCUT2D eigenvalue weighted by Crippen LogP contribution is -2.23. The van der Waals surface area contributed by atoms with Crippen molar-refractivity contribution in [3.05, 3.63) is 101 Å². The second kappa shape index (κ2) is 7.80. The summed E-state index contributed by atoms with van der Waals surface area (Å²) >= 11 is 0. The van der Waals surface area contributed by atoms with Gasteiger partial charge in [0.2, 0.25) is 5.90 Å². The fourth-order valence-corrected chi connectivity index (χ4v) is 3.34. The summed E-state index contributed by atoms with van der Waals surface area (Å²) in [5.74, 6) is -0.668. The second-order valence-corrected chi connectivity index (χ2v) is 6.57. The number of ether oxygens (including phenoxy) is 2. The van der Waals surface area contributed by atoms with Crippen molar-refractivity contribution in [2.45, 2.75) is 18.6 Å². The molecule has 0 saturated heterocycles. The van der Waals surface area contributed by atoms with Crippen LogP contribution in [0, 0.1) is 11.6 Å². The molecule has 0 N–H and O–H groups in total. The molecule has 3 aromatic rings. The van der Waals surface area contributed by atoms with Gasteiger partial charge in [0.1, 0.15) is 29.1 Å². The van der Waals surface area contributed by atoms with Crippen LogP contribution in [-0.4, -0.2) is 13.0 Å². The number of hydrogen-bond acceptors (Lipinski definition) is 3. The van der Waals surface area contributed by atoms with Gasteiger partial charge in [-0.3, -0.25) is 0 Å².